The van der Waals surface area contributed by atoms with Crippen LogP contribution in [0.25, 0.3) is 0 Å². The molecule has 0 saturated heterocycles. The lowest BCUT2D eigenvalue weighted by Crippen LogP contribution is -2.42. The average Bonchev–Trinajstić information content (AvgIpc) is 2.71. The van der Waals surface area contributed by atoms with E-state index in [0.717, 1.165) is 13.1 Å². The molecule has 0 aromatic heterocycles. The van der Waals surface area contributed by atoms with E-state index < -0.39 is 0 Å². The van der Waals surface area contributed by atoms with Gasteiger partial charge in [0.25, 0.3) is 0 Å². The minimum Gasteiger partial charge on any atom is -0.330 e. The molecule has 1 saturated carbocycles. The van der Waals surface area contributed by atoms with Crippen molar-refractivity contribution in [2.24, 2.45) is 11.1 Å². The van der Waals surface area contributed by atoms with Gasteiger partial charge in [-0.1, -0.05) is 24.5 Å². The van der Waals surface area contributed by atoms with Crippen LogP contribution in [0.4, 0.5) is 0 Å². The molecule has 1 aliphatic carbocycles. The van der Waals surface area contributed by atoms with Crippen LogP contribution in [0, 0.1) is 5.41 Å². The normalized spacial score (nSPS) is 26.7. The first-order valence-corrected chi connectivity index (χ1v) is 6.32. The SMILES string of the molecule is CC1=CCN(CC2(CN)CCCC2)CC1. The van der Waals surface area contributed by atoms with Crippen molar-refractivity contribution in [3.63, 3.8) is 0 Å². The summed E-state index contributed by atoms with van der Waals surface area (Å²) in [5, 5.41) is 0. The number of rotatable bonds is 3. The van der Waals surface area contributed by atoms with Crippen molar-refractivity contribution in [1.82, 2.24) is 4.90 Å². The van der Waals surface area contributed by atoms with Crippen molar-refractivity contribution in [2.75, 3.05) is 26.2 Å². The lowest BCUT2D eigenvalue weighted by molar-refractivity contribution is 0.166. The van der Waals surface area contributed by atoms with Gasteiger partial charge in [0.1, 0.15) is 0 Å². The van der Waals surface area contributed by atoms with E-state index in [2.05, 4.69) is 17.9 Å². The fraction of sp³-hybridized carbons (Fsp3) is 0.846. The predicted octanol–water partition coefficient (Wildman–Crippen LogP) is 2.16. The van der Waals surface area contributed by atoms with Gasteiger partial charge in [-0.3, -0.25) is 4.90 Å². The summed E-state index contributed by atoms with van der Waals surface area (Å²) >= 11 is 0. The summed E-state index contributed by atoms with van der Waals surface area (Å²) in [6.07, 6.45) is 9.11. The predicted molar refractivity (Wildman–Crippen MR) is 64.8 cm³/mol. The van der Waals surface area contributed by atoms with E-state index in [1.807, 2.05) is 0 Å². The van der Waals surface area contributed by atoms with Crippen molar-refractivity contribution in [1.29, 1.82) is 0 Å². The van der Waals surface area contributed by atoms with Gasteiger partial charge in [-0.2, -0.15) is 0 Å². The van der Waals surface area contributed by atoms with E-state index in [4.69, 9.17) is 5.73 Å². The zero-order valence-electron chi connectivity index (χ0n) is 9.97. The maximum Gasteiger partial charge on any atom is 0.0166 e. The Morgan fingerprint density at radius 1 is 1.40 bits per heavy atom. The van der Waals surface area contributed by atoms with Gasteiger partial charge in [-0.15, -0.1) is 0 Å². The third-order valence-corrected chi connectivity index (χ3v) is 4.18. The largest absolute Gasteiger partial charge is 0.330 e. The molecular formula is C13H24N2. The maximum atomic E-state index is 5.97. The highest BCUT2D eigenvalue weighted by Crippen LogP contribution is 2.38. The number of hydrogen-bond donors (Lipinski definition) is 1. The molecule has 2 rings (SSSR count). The standard InChI is InChI=1S/C13H24N2/c1-12-4-8-15(9-5-12)11-13(10-14)6-2-3-7-13/h4H,2-3,5-11,14H2,1H3. The second-order valence-corrected chi connectivity index (χ2v) is 5.45. The highest BCUT2D eigenvalue weighted by molar-refractivity contribution is 5.04. The first-order valence-electron chi connectivity index (χ1n) is 6.32. The Balaban J connectivity index is 1.90. The van der Waals surface area contributed by atoms with E-state index in [0.29, 0.717) is 5.41 Å². The van der Waals surface area contributed by atoms with Crippen molar-refractivity contribution >= 4 is 0 Å². The first-order chi connectivity index (χ1) is 7.24. The van der Waals surface area contributed by atoms with Gasteiger partial charge in [0, 0.05) is 19.6 Å². The van der Waals surface area contributed by atoms with Crippen molar-refractivity contribution in [3.8, 4) is 0 Å². The molecular weight excluding hydrogens is 184 g/mol. The zero-order valence-corrected chi connectivity index (χ0v) is 9.97. The van der Waals surface area contributed by atoms with Crippen LogP contribution in [-0.2, 0) is 0 Å². The van der Waals surface area contributed by atoms with Crippen LogP contribution in [0.2, 0.25) is 0 Å². The van der Waals surface area contributed by atoms with Crippen LogP contribution in [-0.4, -0.2) is 31.1 Å². The fourth-order valence-electron chi connectivity index (χ4n) is 2.98. The molecule has 0 amide bonds. The molecule has 1 fully saturated rings. The second-order valence-electron chi connectivity index (χ2n) is 5.45. The Hall–Kier alpha value is -0.340. The minimum absolute atomic E-state index is 0.457. The van der Waals surface area contributed by atoms with Crippen LogP contribution in [0.5, 0.6) is 0 Å². The van der Waals surface area contributed by atoms with Crippen molar-refractivity contribution in [3.05, 3.63) is 11.6 Å². The van der Waals surface area contributed by atoms with Gasteiger partial charge in [-0.25, -0.2) is 0 Å². The molecule has 2 N–H and O–H groups in total. The van der Waals surface area contributed by atoms with Gasteiger partial charge in [0.15, 0.2) is 0 Å². The molecule has 1 heterocycles. The third kappa shape index (κ3) is 2.61. The molecule has 0 atom stereocenters. The topological polar surface area (TPSA) is 29.3 Å². The van der Waals surface area contributed by atoms with E-state index in [-0.39, 0.29) is 0 Å². The van der Waals surface area contributed by atoms with Crippen LogP contribution < -0.4 is 5.73 Å². The molecule has 2 heteroatoms. The molecule has 86 valence electrons. The number of hydrogen-bond acceptors (Lipinski definition) is 2. The Morgan fingerprint density at radius 3 is 2.67 bits per heavy atom. The quantitative estimate of drug-likeness (QED) is 0.720. The van der Waals surface area contributed by atoms with E-state index in [1.165, 1.54) is 45.2 Å². The summed E-state index contributed by atoms with van der Waals surface area (Å²) in [7, 11) is 0. The van der Waals surface area contributed by atoms with E-state index in [9.17, 15) is 0 Å². The molecule has 1 aliphatic heterocycles. The smallest absolute Gasteiger partial charge is 0.0166 e. The highest BCUT2D eigenvalue weighted by atomic mass is 15.1. The molecule has 0 radical (unpaired) electrons. The highest BCUT2D eigenvalue weighted by Gasteiger charge is 2.34. The molecule has 0 aromatic carbocycles. The lowest BCUT2D eigenvalue weighted by Gasteiger charge is -2.35. The maximum absolute atomic E-state index is 5.97. The summed E-state index contributed by atoms with van der Waals surface area (Å²) in [5.41, 5.74) is 7.98. The molecule has 2 nitrogen and oxygen atoms in total. The Kier molecular flexibility index (Phi) is 3.47. The van der Waals surface area contributed by atoms with Crippen LogP contribution in [0.15, 0.2) is 11.6 Å². The van der Waals surface area contributed by atoms with Gasteiger partial charge in [0.2, 0.25) is 0 Å². The minimum atomic E-state index is 0.457. The van der Waals surface area contributed by atoms with E-state index >= 15 is 0 Å². The van der Waals surface area contributed by atoms with Crippen molar-refractivity contribution < 1.29 is 0 Å². The first kappa shape index (κ1) is 11.2. The van der Waals surface area contributed by atoms with Gasteiger partial charge < -0.3 is 5.73 Å². The van der Waals surface area contributed by atoms with Gasteiger partial charge in [-0.05, 0) is 38.1 Å². The average molecular weight is 208 g/mol. The molecule has 0 bridgehead atoms. The van der Waals surface area contributed by atoms with Crippen LogP contribution in [0.1, 0.15) is 39.0 Å². The number of nitrogens with zero attached hydrogens (tertiary/aromatic N) is 1. The summed E-state index contributed by atoms with van der Waals surface area (Å²) < 4.78 is 0. The second kappa shape index (κ2) is 4.67. The van der Waals surface area contributed by atoms with Crippen molar-refractivity contribution in [2.45, 2.75) is 39.0 Å². The van der Waals surface area contributed by atoms with Gasteiger partial charge >= 0.3 is 0 Å². The molecule has 0 aromatic rings. The molecule has 2 aliphatic rings. The molecule has 0 spiro atoms. The third-order valence-electron chi connectivity index (χ3n) is 4.18. The Morgan fingerprint density at radius 2 is 2.13 bits per heavy atom. The Bertz CT molecular complexity index is 239. The summed E-state index contributed by atoms with van der Waals surface area (Å²) in [4.78, 5) is 2.59. The lowest BCUT2D eigenvalue weighted by atomic mass is 9.85. The van der Waals surface area contributed by atoms with Gasteiger partial charge in [0.05, 0.1) is 0 Å². The fourth-order valence-corrected chi connectivity index (χ4v) is 2.98. The van der Waals surface area contributed by atoms with Crippen LogP contribution in [0.3, 0.4) is 0 Å². The zero-order chi connectivity index (χ0) is 10.7. The van der Waals surface area contributed by atoms with Crippen LogP contribution >= 0.6 is 0 Å². The Labute approximate surface area is 93.5 Å². The monoisotopic (exact) mass is 208 g/mol. The van der Waals surface area contributed by atoms with E-state index in [1.54, 1.807) is 5.57 Å². The summed E-state index contributed by atoms with van der Waals surface area (Å²) in [6, 6.07) is 0. The summed E-state index contributed by atoms with van der Waals surface area (Å²) in [5.74, 6) is 0. The molecule has 15 heavy (non-hydrogen) atoms. The number of nitrogens with two attached hydrogens (primary N) is 1. The summed E-state index contributed by atoms with van der Waals surface area (Å²) in [6.45, 7) is 6.74. The molecule has 0 unspecified atom stereocenters.